The lowest BCUT2D eigenvalue weighted by Gasteiger charge is -2.03. The van der Waals surface area contributed by atoms with Gasteiger partial charge in [-0.3, -0.25) is 9.59 Å². The predicted molar refractivity (Wildman–Crippen MR) is 114 cm³/mol. The van der Waals surface area contributed by atoms with Crippen molar-refractivity contribution in [1.82, 2.24) is 4.57 Å². The molecule has 0 saturated heterocycles. The van der Waals surface area contributed by atoms with Crippen LogP contribution in [-0.4, -0.2) is 16.4 Å². The van der Waals surface area contributed by atoms with Gasteiger partial charge in [-0.15, -0.1) is 6.42 Å². The Morgan fingerprint density at radius 3 is 2.82 bits per heavy atom. The molecule has 1 aromatic heterocycles. The highest BCUT2D eigenvalue weighted by Gasteiger charge is 2.08. The number of aromatic nitrogens is 1. The first-order valence-corrected chi connectivity index (χ1v) is 9.53. The second-order valence-corrected chi connectivity index (χ2v) is 7.26. The molecule has 0 fully saturated rings. The number of rotatable bonds is 4. The van der Waals surface area contributed by atoms with E-state index in [1.165, 1.54) is 24.3 Å². The van der Waals surface area contributed by atoms with Gasteiger partial charge in [-0.2, -0.15) is 4.99 Å². The number of halogens is 1. The summed E-state index contributed by atoms with van der Waals surface area (Å²) < 4.78 is 2.65. The monoisotopic (exact) mass is 409 g/mol. The quantitative estimate of drug-likeness (QED) is 0.521. The molecule has 0 saturated carbocycles. The number of carbonyl (C=O) groups is 2. The van der Waals surface area contributed by atoms with Gasteiger partial charge in [0.2, 0.25) is 5.91 Å². The maximum Gasteiger partial charge on any atom is 0.272 e. The minimum Gasteiger partial charge on any atom is -0.326 e. The summed E-state index contributed by atoms with van der Waals surface area (Å²) in [5, 5.41) is 3.30. The molecule has 28 heavy (non-hydrogen) atoms. The molecule has 2 amide bonds. The van der Waals surface area contributed by atoms with E-state index in [4.69, 9.17) is 18.0 Å². The summed E-state index contributed by atoms with van der Waals surface area (Å²) in [5.41, 5.74) is 2.25. The second kappa shape index (κ2) is 8.70. The highest BCUT2D eigenvalue weighted by molar-refractivity contribution is 7.16. The minimum absolute atomic E-state index is 0.155. The maximum atomic E-state index is 12.3. The fraction of sp³-hybridized carbons (Fsp3) is 0.0952. The highest BCUT2D eigenvalue weighted by Crippen LogP contribution is 2.22. The fourth-order valence-corrected chi connectivity index (χ4v) is 3.86. The van der Waals surface area contributed by atoms with Crippen molar-refractivity contribution in [3.05, 3.63) is 63.9 Å². The SMILES string of the molecule is C#CCn1c(=NC(=O)C=Cc2ccccc2Cl)sc2cc(NC(C)=O)ccc21. The zero-order valence-corrected chi connectivity index (χ0v) is 16.6. The van der Waals surface area contributed by atoms with Crippen LogP contribution in [0.2, 0.25) is 5.02 Å². The van der Waals surface area contributed by atoms with Crippen LogP contribution < -0.4 is 10.1 Å². The molecule has 3 rings (SSSR count). The fourth-order valence-electron chi connectivity index (χ4n) is 2.59. The van der Waals surface area contributed by atoms with E-state index in [-0.39, 0.29) is 12.5 Å². The van der Waals surface area contributed by atoms with Gasteiger partial charge in [-0.1, -0.05) is 47.1 Å². The van der Waals surface area contributed by atoms with Gasteiger partial charge in [0.25, 0.3) is 5.91 Å². The van der Waals surface area contributed by atoms with Gasteiger partial charge in [0.15, 0.2) is 4.80 Å². The lowest BCUT2D eigenvalue weighted by atomic mass is 10.2. The second-order valence-electron chi connectivity index (χ2n) is 5.84. The summed E-state index contributed by atoms with van der Waals surface area (Å²) in [5.74, 6) is 2.01. The van der Waals surface area contributed by atoms with E-state index >= 15 is 0 Å². The van der Waals surface area contributed by atoms with Crippen molar-refractivity contribution >= 4 is 56.7 Å². The lowest BCUT2D eigenvalue weighted by Crippen LogP contribution is -2.15. The molecule has 0 aliphatic rings. The van der Waals surface area contributed by atoms with E-state index in [0.717, 1.165) is 15.8 Å². The van der Waals surface area contributed by atoms with Crippen molar-refractivity contribution in [2.24, 2.45) is 4.99 Å². The normalized spacial score (nSPS) is 11.7. The van der Waals surface area contributed by atoms with E-state index in [1.807, 2.05) is 30.3 Å². The molecular weight excluding hydrogens is 394 g/mol. The van der Waals surface area contributed by atoms with Gasteiger partial charge < -0.3 is 9.88 Å². The molecule has 0 radical (unpaired) electrons. The third-order valence-electron chi connectivity index (χ3n) is 3.77. The maximum absolute atomic E-state index is 12.3. The molecule has 0 atom stereocenters. The van der Waals surface area contributed by atoms with Crippen LogP contribution in [0.15, 0.2) is 53.5 Å². The van der Waals surface area contributed by atoms with Crippen molar-refractivity contribution in [3.63, 3.8) is 0 Å². The number of thiazole rings is 1. The van der Waals surface area contributed by atoms with E-state index in [0.29, 0.717) is 15.5 Å². The van der Waals surface area contributed by atoms with Crippen LogP contribution in [0.1, 0.15) is 12.5 Å². The zero-order valence-electron chi connectivity index (χ0n) is 15.0. The van der Waals surface area contributed by atoms with Crippen molar-refractivity contribution in [2.75, 3.05) is 5.32 Å². The molecule has 2 aromatic carbocycles. The number of nitrogens with zero attached hydrogens (tertiary/aromatic N) is 2. The van der Waals surface area contributed by atoms with Crippen molar-refractivity contribution in [3.8, 4) is 12.3 Å². The molecule has 1 heterocycles. The number of benzene rings is 2. The van der Waals surface area contributed by atoms with Crippen LogP contribution in [0.25, 0.3) is 16.3 Å². The Morgan fingerprint density at radius 1 is 1.32 bits per heavy atom. The average molecular weight is 410 g/mol. The Hall–Kier alpha value is -3.14. The summed E-state index contributed by atoms with van der Waals surface area (Å²) in [6.07, 6.45) is 8.48. The molecule has 0 unspecified atom stereocenters. The minimum atomic E-state index is -0.417. The van der Waals surface area contributed by atoms with E-state index in [2.05, 4.69) is 16.2 Å². The zero-order chi connectivity index (χ0) is 20.1. The van der Waals surface area contributed by atoms with Crippen LogP contribution >= 0.6 is 22.9 Å². The Morgan fingerprint density at radius 2 is 2.11 bits per heavy atom. The van der Waals surface area contributed by atoms with Crippen LogP contribution in [0.5, 0.6) is 0 Å². The van der Waals surface area contributed by atoms with Gasteiger partial charge in [0.05, 0.1) is 16.8 Å². The number of terminal acetylenes is 1. The Bertz CT molecular complexity index is 1200. The van der Waals surface area contributed by atoms with Gasteiger partial charge in [0.1, 0.15) is 0 Å². The van der Waals surface area contributed by atoms with Gasteiger partial charge in [-0.25, -0.2) is 0 Å². The Balaban J connectivity index is 1.99. The third-order valence-corrected chi connectivity index (χ3v) is 5.15. The largest absolute Gasteiger partial charge is 0.326 e. The number of amides is 2. The number of anilines is 1. The number of nitrogens with one attached hydrogen (secondary N) is 1. The van der Waals surface area contributed by atoms with Gasteiger partial charge >= 0.3 is 0 Å². The molecule has 0 aliphatic carbocycles. The topological polar surface area (TPSA) is 63.5 Å². The average Bonchev–Trinajstić information content (AvgIpc) is 2.97. The summed E-state index contributed by atoms with van der Waals surface area (Å²) in [6.45, 7) is 1.72. The van der Waals surface area contributed by atoms with Crippen LogP contribution in [0, 0.1) is 12.3 Å². The number of carbonyl (C=O) groups excluding carboxylic acids is 2. The smallest absolute Gasteiger partial charge is 0.272 e. The first-order chi connectivity index (χ1) is 13.5. The van der Waals surface area contributed by atoms with Gasteiger partial charge in [-0.05, 0) is 35.9 Å². The number of hydrogen-bond donors (Lipinski definition) is 1. The first-order valence-electron chi connectivity index (χ1n) is 8.33. The van der Waals surface area contributed by atoms with Crippen molar-refractivity contribution < 1.29 is 9.59 Å². The summed E-state index contributed by atoms with van der Waals surface area (Å²) in [4.78, 5) is 28.3. The molecule has 0 spiro atoms. The molecule has 0 aliphatic heterocycles. The first kappa shape index (κ1) is 19.6. The standard InChI is InChI=1S/C21H16ClN3O2S/c1-3-12-25-18-10-9-16(23-14(2)26)13-19(18)28-21(25)24-20(27)11-8-15-6-4-5-7-17(15)22/h1,4-11,13H,12H2,2H3,(H,23,26). The van der Waals surface area contributed by atoms with Crippen LogP contribution in [-0.2, 0) is 16.1 Å². The molecule has 3 aromatic rings. The summed E-state index contributed by atoms with van der Waals surface area (Å²) in [6, 6.07) is 12.7. The van der Waals surface area contributed by atoms with E-state index in [9.17, 15) is 9.59 Å². The molecule has 140 valence electrons. The molecular formula is C21H16ClN3O2S. The third kappa shape index (κ3) is 4.58. The van der Waals surface area contributed by atoms with Gasteiger partial charge in [0, 0.05) is 23.7 Å². The molecule has 5 nitrogen and oxygen atoms in total. The van der Waals surface area contributed by atoms with Crippen molar-refractivity contribution in [2.45, 2.75) is 13.5 Å². The highest BCUT2D eigenvalue weighted by atomic mass is 35.5. The number of fused-ring (bicyclic) bond motifs is 1. The predicted octanol–water partition coefficient (Wildman–Crippen LogP) is 4.09. The number of hydrogen-bond acceptors (Lipinski definition) is 3. The Kier molecular flexibility index (Phi) is 6.09. The molecule has 7 heteroatoms. The van der Waals surface area contributed by atoms with Crippen LogP contribution in [0.4, 0.5) is 5.69 Å². The lowest BCUT2D eigenvalue weighted by molar-refractivity contribution is -0.114. The Labute approximate surface area is 171 Å². The summed E-state index contributed by atoms with van der Waals surface area (Å²) >= 11 is 7.42. The molecule has 1 N–H and O–H groups in total. The van der Waals surface area contributed by atoms with Crippen molar-refractivity contribution in [1.29, 1.82) is 0 Å². The van der Waals surface area contributed by atoms with E-state index < -0.39 is 5.91 Å². The summed E-state index contributed by atoms with van der Waals surface area (Å²) in [7, 11) is 0. The van der Waals surface area contributed by atoms with E-state index in [1.54, 1.807) is 22.8 Å². The van der Waals surface area contributed by atoms with Crippen LogP contribution in [0.3, 0.4) is 0 Å². The molecule has 0 bridgehead atoms.